The first kappa shape index (κ1) is 21.7. The first-order valence-electron chi connectivity index (χ1n) is 9.56. The number of carbonyl (C=O) groups excluding carboxylic acids is 1. The second-order valence-electron chi connectivity index (χ2n) is 6.96. The molecular weight excluding hydrogens is 413 g/mol. The number of nitrogens with one attached hydrogen (secondary N) is 2. The Kier molecular flexibility index (Phi) is 6.68. The van der Waals surface area contributed by atoms with Crippen molar-refractivity contribution >= 4 is 29.8 Å². The van der Waals surface area contributed by atoms with Crippen molar-refractivity contribution in [3.63, 3.8) is 0 Å². The highest BCUT2D eigenvalue weighted by molar-refractivity contribution is 5.99. The quantitative estimate of drug-likeness (QED) is 0.503. The summed E-state index contributed by atoms with van der Waals surface area (Å²) < 4.78 is 15.2. The normalized spacial score (nSPS) is 15.9. The zero-order chi connectivity index (χ0) is 20.4. The number of halogens is 2. The molecule has 3 aromatic rings. The summed E-state index contributed by atoms with van der Waals surface area (Å²) in [5.41, 5.74) is 6.31. The molecule has 0 radical (unpaired) electrons. The Hall–Kier alpha value is -2.98. The summed E-state index contributed by atoms with van der Waals surface area (Å²) >= 11 is 0. The molecule has 4 heterocycles. The number of nitrogens with zero attached hydrogens (tertiary/aromatic N) is 4. The Balaban J connectivity index is 0.00000256. The van der Waals surface area contributed by atoms with E-state index in [1.54, 1.807) is 12.3 Å². The van der Waals surface area contributed by atoms with E-state index in [0.717, 1.165) is 12.6 Å². The molecule has 4 rings (SSSR count). The minimum atomic E-state index is -0.484. The first-order chi connectivity index (χ1) is 14.1. The fourth-order valence-corrected chi connectivity index (χ4v) is 3.66. The number of carbonyl (C=O) groups is 1. The Bertz CT molecular complexity index is 1100. The van der Waals surface area contributed by atoms with E-state index in [0.29, 0.717) is 55.1 Å². The van der Waals surface area contributed by atoms with Gasteiger partial charge < -0.3 is 20.9 Å². The van der Waals surface area contributed by atoms with Crippen LogP contribution in [-0.2, 0) is 0 Å². The minimum Gasteiger partial charge on any atom is -0.352 e. The third kappa shape index (κ3) is 4.14. The van der Waals surface area contributed by atoms with E-state index in [4.69, 9.17) is 5.73 Å². The fraction of sp³-hybridized carbons (Fsp3) is 0.368. The smallest absolute Gasteiger partial charge is 0.256 e. The van der Waals surface area contributed by atoms with Crippen molar-refractivity contribution in [2.45, 2.75) is 25.3 Å². The fourth-order valence-electron chi connectivity index (χ4n) is 3.66. The molecule has 1 fully saturated rings. The lowest BCUT2D eigenvalue weighted by atomic mass is 10.1. The first-order valence-corrected chi connectivity index (χ1v) is 9.56. The van der Waals surface area contributed by atoms with Gasteiger partial charge in [0.05, 0.1) is 12.2 Å². The van der Waals surface area contributed by atoms with Crippen LogP contribution in [0, 0.1) is 5.82 Å². The van der Waals surface area contributed by atoms with Crippen molar-refractivity contribution in [1.29, 1.82) is 0 Å². The number of nitrogens with two attached hydrogens (primary N) is 1. The van der Waals surface area contributed by atoms with Crippen LogP contribution in [0.1, 0.15) is 41.2 Å². The van der Waals surface area contributed by atoms with Gasteiger partial charge in [-0.1, -0.05) is 0 Å². The van der Waals surface area contributed by atoms with Crippen molar-refractivity contribution in [2.75, 3.05) is 24.5 Å². The molecule has 1 aliphatic heterocycles. The van der Waals surface area contributed by atoms with Crippen LogP contribution < -0.4 is 21.5 Å². The highest BCUT2D eigenvalue weighted by Crippen LogP contribution is 2.34. The lowest BCUT2D eigenvalue weighted by Crippen LogP contribution is -2.29. The Morgan fingerprint density at radius 1 is 1.43 bits per heavy atom. The van der Waals surface area contributed by atoms with Gasteiger partial charge in [0.1, 0.15) is 17.2 Å². The molecule has 4 N–H and O–H groups in total. The minimum absolute atomic E-state index is 0. The maximum atomic E-state index is 13.7. The van der Waals surface area contributed by atoms with Gasteiger partial charge >= 0.3 is 0 Å². The maximum Gasteiger partial charge on any atom is 0.256 e. The van der Waals surface area contributed by atoms with Crippen molar-refractivity contribution in [3.8, 4) is 0 Å². The molecule has 3 aromatic heterocycles. The lowest BCUT2D eigenvalue weighted by molar-refractivity contribution is 0.0955. The molecule has 9 nitrogen and oxygen atoms in total. The Morgan fingerprint density at radius 2 is 2.27 bits per heavy atom. The highest BCUT2D eigenvalue weighted by Gasteiger charge is 2.30. The number of hydrogen-bond donors (Lipinski definition) is 3. The number of aromatic nitrogens is 4. The third-order valence-corrected chi connectivity index (χ3v) is 5.07. The molecular formula is C19H23ClFN7O2. The van der Waals surface area contributed by atoms with Crippen LogP contribution in [0.25, 0.3) is 5.65 Å². The Morgan fingerprint density at radius 3 is 3.07 bits per heavy atom. The van der Waals surface area contributed by atoms with Crippen molar-refractivity contribution in [3.05, 3.63) is 58.0 Å². The van der Waals surface area contributed by atoms with Crippen LogP contribution >= 0.6 is 12.4 Å². The molecule has 1 amide bonds. The summed E-state index contributed by atoms with van der Waals surface area (Å²) in [5, 5.41) is 6.99. The lowest BCUT2D eigenvalue weighted by Gasteiger charge is -2.25. The molecule has 1 atom stereocenters. The molecule has 1 aliphatic rings. The largest absolute Gasteiger partial charge is 0.352 e. The van der Waals surface area contributed by atoms with Gasteiger partial charge in [-0.25, -0.2) is 13.9 Å². The van der Waals surface area contributed by atoms with Crippen LogP contribution in [0.15, 0.2) is 35.5 Å². The van der Waals surface area contributed by atoms with E-state index in [2.05, 4.69) is 20.4 Å². The zero-order valence-electron chi connectivity index (χ0n) is 16.2. The van der Waals surface area contributed by atoms with Gasteiger partial charge in [-0.15, -0.1) is 12.4 Å². The number of hydrogen-bond acceptors (Lipinski definition) is 6. The molecule has 30 heavy (non-hydrogen) atoms. The van der Waals surface area contributed by atoms with Gasteiger partial charge in [0.15, 0.2) is 5.65 Å². The molecule has 0 aromatic carbocycles. The molecule has 11 heteroatoms. The van der Waals surface area contributed by atoms with E-state index in [9.17, 15) is 14.0 Å². The molecule has 160 valence electrons. The number of aromatic amines is 1. The van der Waals surface area contributed by atoms with Gasteiger partial charge in [0.25, 0.3) is 11.5 Å². The van der Waals surface area contributed by atoms with Gasteiger partial charge in [-0.05, 0) is 37.9 Å². The van der Waals surface area contributed by atoms with E-state index >= 15 is 0 Å². The van der Waals surface area contributed by atoms with Crippen LogP contribution in [0.4, 0.5) is 10.2 Å². The molecule has 0 unspecified atom stereocenters. The predicted molar refractivity (Wildman–Crippen MR) is 113 cm³/mol. The molecule has 0 aliphatic carbocycles. The van der Waals surface area contributed by atoms with E-state index < -0.39 is 5.82 Å². The van der Waals surface area contributed by atoms with Crippen molar-refractivity contribution < 1.29 is 9.18 Å². The third-order valence-electron chi connectivity index (χ3n) is 5.07. The molecule has 0 bridgehead atoms. The summed E-state index contributed by atoms with van der Waals surface area (Å²) in [6.07, 6.45) is 6.49. The van der Waals surface area contributed by atoms with Gasteiger partial charge in [0, 0.05) is 31.0 Å². The topological polar surface area (TPSA) is 121 Å². The van der Waals surface area contributed by atoms with Crippen molar-refractivity contribution in [2.24, 2.45) is 5.73 Å². The summed E-state index contributed by atoms with van der Waals surface area (Å²) in [4.78, 5) is 33.7. The van der Waals surface area contributed by atoms with Crippen LogP contribution in [0.3, 0.4) is 0 Å². The van der Waals surface area contributed by atoms with E-state index in [1.807, 2.05) is 4.90 Å². The Labute approximate surface area is 177 Å². The zero-order valence-corrected chi connectivity index (χ0v) is 17.0. The monoisotopic (exact) mass is 435 g/mol. The SMILES string of the molecule is Cl.NCCCNC(=O)c1cnn2ccc(N3CCC[C@@H]3c3cc(F)c[nH]c3=O)nc12. The number of fused-ring (bicyclic) bond motifs is 1. The summed E-state index contributed by atoms with van der Waals surface area (Å²) in [5.74, 6) is -0.139. The maximum absolute atomic E-state index is 13.7. The summed E-state index contributed by atoms with van der Waals surface area (Å²) in [6.45, 7) is 1.64. The van der Waals surface area contributed by atoms with E-state index in [1.165, 1.54) is 16.8 Å². The average Bonchev–Trinajstić information content (AvgIpc) is 3.36. The average molecular weight is 436 g/mol. The molecule has 0 saturated carbocycles. The second kappa shape index (κ2) is 9.23. The summed E-state index contributed by atoms with van der Waals surface area (Å²) in [6, 6.07) is 2.77. The van der Waals surface area contributed by atoms with Crippen LogP contribution in [0.5, 0.6) is 0 Å². The number of rotatable bonds is 6. The van der Waals surface area contributed by atoms with Crippen LogP contribution in [0.2, 0.25) is 0 Å². The van der Waals surface area contributed by atoms with E-state index in [-0.39, 0.29) is 29.9 Å². The predicted octanol–water partition coefficient (Wildman–Crippen LogP) is 1.40. The van der Waals surface area contributed by atoms with Gasteiger partial charge in [-0.2, -0.15) is 5.10 Å². The number of anilines is 1. The van der Waals surface area contributed by atoms with Crippen LogP contribution in [-0.4, -0.2) is 45.1 Å². The standard InChI is InChI=1S/C19H22FN7O2.ClH/c20-12-9-13(18(28)23-10-12)15-3-1-7-26(15)16-4-8-27-17(25-16)14(11-24-27)19(29)22-6-2-5-21;/h4,8-11,15H,1-3,5-7,21H2,(H,22,29)(H,23,28);1H/t15-;/m1./s1. The highest BCUT2D eigenvalue weighted by atomic mass is 35.5. The summed E-state index contributed by atoms with van der Waals surface area (Å²) in [7, 11) is 0. The molecule has 0 spiro atoms. The van der Waals surface area contributed by atoms with Crippen molar-refractivity contribution in [1.82, 2.24) is 24.9 Å². The second-order valence-corrected chi connectivity index (χ2v) is 6.96. The number of pyridine rings is 1. The number of amides is 1. The molecule has 1 saturated heterocycles. The number of H-pyrrole nitrogens is 1. The van der Waals surface area contributed by atoms with Gasteiger partial charge in [0.2, 0.25) is 0 Å². The van der Waals surface area contributed by atoms with Gasteiger partial charge in [-0.3, -0.25) is 9.59 Å².